The minimum Gasteiger partial charge on any atom is -0.506 e. The van der Waals surface area contributed by atoms with Gasteiger partial charge in [0.2, 0.25) is 0 Å². The van der Waals surface area contributed by atoms with E-state index < -0.39 is 15.7 Å². The number of carbonyl (C=O) groups is 1. The predicted octanol–water partition coefficient (Wildman–Crippen LogP) is 2.68. The minimum absolute atomic E-state index is 0.0922. The van der Waals surface area contributed by atoms with Crippen molar-refractivity contribution in [2.24, 2.45) is 0 Å². The van der Waals surface area contributed by atoms with Crippen molar-refractivity contribution in [2.45, 2.75) is 13.8 Å². The smallest absolute Gasteiger partial charge is 0.257 e. The van der Waals surface area contributed by atoms with Crippen LogP contribution in [0, 0.1) is 0 Å². The topological polar surface area (TPSA) is 118 Å². The van der Waals surface area contributed by atoms with E-state index in [1.54, 1.807) is 24.4 Å². The predicted molar refractivity (Wildman–Crippen MR) is 98.2 cm³/mol. The van der Waals surface area contributed by atoms with Gasteiger partial charge in [0.1, 0.15) is 11.5 Å². The van der Waals surface area contributed by atoms with Crippen molar-refractivity contribution in [3.05, 3.63) is 59.0 Å². The number of hydrogen-bond donors (Lipinski definition) is 3. The van der Waals surface area contributed by atoms with Gasteiger partial charge in [-0.15, -0.1) is 0 Å². The molecule has 0 aliphatic heterocycles. The van der Waals surface area contributed by atoms with E-state index in [2.05, 4.69) is 15.8 Å². The Hall–Kier alpha value is -3.07. The summed E-state index contributed by atoms with van der Waals surface area (Å²) in [5.74, 6) is -0.411. The third kappa shape index (κ3) is 4.96. The fourth-order valence-electron chi connectivity index (χ4n) is 1.86. The number of phenols is 1. The van der Waals surface area contributed by atoms with Crippen LogP contribution >= 0.6 is 0 Å². The first-order valence-corrected chi connectivity index (χ1v) is 9.42. The van der Waals surface area contributed by atoms with E-state index in [-0.39, 0.29) is 22.1 Å². The van der Waals surface area contributed by atoms with E-state index in [1.807, 2.05) is 0 Å². The van der Waals surface area contributed by atoms with Gasteiger partial charge in [0.15, 0.2) is 9.84 Å². The lowest BCUT2D eigenvalue weighted by Gasteiger charge is -2.12. The zero-order valence-electron chi connectivity index (χ0n) is 14.5. The van der Waals surface area contributed by atoms with Gasteiger partial charge in [0.25, 0.3) is 5.91 Å². The number of nitrogens with one attached hydrogen (secondary N) is 2. The van der Waals surface area contributed by atoms with Crippen LogP contribution in [0.25, 0.3) is 0 Å². The molecule has 0 aliphatic carbocycles. The molecule has 138 valence electrons. The fraction of sp³-hybridized carbons (Fsp3) is 0.176. The highest BCUT2D eigenvalue weighted by atomic mass is 32.2. The van der Waals surface area contributed by atoms with Crippen molar-refractivity contribution in [3.8, 4) is 5.75 Å². The molecule has 2 aromatic rings. The summed E-state index contributed by atoms with van der Waals surface area (Å²) in [4.78, 5) is 21.2. The van der Waals surface area contributed by atoms with Gasteiger partial charge in [0, 0.05) is 24.7 Å². The van der Waals surface area contributed by atoms with Crippen molar-refractivity contribution >= 4 is 27.1 Å². The van der Waals surface area contributed by atoms with Crippen LogP contribution in [0.1, 0.15) is 24.2 Å². The quantitative estimate of drug-likeness (QED) is 0.402. The largest absolute Gasteiger partial charge is 0.506 e. The van der Waals surface area contributed by atoms with Gasteiger partial charge < -0.3 is 15.3 Å². The highest BCUT2D eigenvalue weighted by Gasteiger charge is 2.12. The molecule has 0 radical (unpaired) electrons. The second-order valence-corrected chi connectivity index (χ2v) is 7.67. The molecule has 0 unspecified atom stereocenters. The first-order valence-electron chi connectivity index (χ1n) is 7.53. The Bertz CT molecular complexity index is 940. The van der Waals surface area contributed by atoms with E-state index in [1.165, 1.54) is 32.2 Å². The molecule has 0 atom stereocenters. The maximum absolute atomic E-state index is 12.1. The second-order valence-electron chi connectivity index (χ2n) is 5.52. The number of pyridine rings is 1. The number of sulfone groups is 1. The summed E-state index contributed by atoms with van der Waals surface area (Å²) in [5, 5.41) is 12.6. The van der Waals surface area contributed by atoms with Gasteiger partial charge in [-0.2, -0.15) is 0 Å². The van der Waals surface area contributed by atoms with Crippen molar-refractivity contribution in [1.29, 1.82) is 0 Å². The van der Waals surface area contributed by atoms with Crippen molar-refractivity contribution in [1.82, 2.24) is 4.98 Å². The minimum atomic E-state index is -3.35. The molecule has 9 heteroatoms. The molecule has 0 saturated carbocycles. The zero-order chi connectivity index (χ0) is 19.3. The maximum atomic E-state index is 12.1. The third-order valence-electron chi connectivity index (χ3n) is 3.54. The molecule has 1 aromatic carbocycles. The Morgan fingerprint density at radius 1 is 1.23 bits per heavy atom. The van der Waals surface area contributed by atoms with Crippen LogP contribution in [-0.4, -0.2) is 30.7 Å². The lowest BCUT2D eigenvalue weighted by Crippen LogP contribution is -2.12. The SMILES string of the molecule is C/C(ONc1ccc(NC(=O)c2cccnc2)c(O)c1)=C(\C)S(C)(=O)=O. The molecule has 1 amide bonds. The van der Waals surface area contributed by atoms with Gasteiger partial charge >= 0.3 is 0 Å². The van der Waals surface area contributed by atoms with E-state index in [9.17, 15) is 18.3 Å². The van der Waals surface area contributed by atoms with Gasteiger partial charge in [-0.1, -0.05) is 0 Å². The molecular weight excluding hydrogens is 358 g/mol. The molecule has 0 bridgehead atoms. The van der Waals surface area contributed by atoms with Crippen LogP contribution in [0.4, 0.5) is 11.4 Å². The molecule has 0 spiro atoms. The molecular formula is C17H19N3O5S. The summed E-state index contributed by atoms with van der Waals surface area (Å²) in [7, 11) is -3.35. The van der Waals surface area contributed by atoms with Crippen LogP contribution in [0.5, 0.6) is 5.75 Å². The molecule has 2 rings (SSSR count). The number of benzene rings is 1. The Labute approximate surface area is 151 Å². The van der Waals surface area contributed by atoms with Gasteiger partial charge in [-0.05, 0) is 38.1 Å². The normalized spacial score (nSPS) is 12.1. The van der Waals surface area contributed by atoms with E-state index in [4.69, 9.17) is 4.84 Å². The second kappa shape index (κ2) is 7.87. The van der Waals surface area contributed by atoms with Crippen LogP contribution in [0.2, 0.25) is 0 Å². The highest BCUT2D eigenvalue weighted by molar-refractivity contribution is 7.94. The number of phenolic OH excluding ortho intramolecular Hbond substituents is 1. The summed E-state index contributed by atoms with van der Waals surface area (Å²) >= 11 is 0. The Morgan fingerprint density at radius 2 is 1.96 bits per heavy atom. The number of aromatic hydroxyl groups is 1. The van der Waals surface area contributed by atoms with Crippen LogP contribution in [0.3, 0.4) is 0 Å². The summed E-state index contributed by atoms with van der Waals surface area (Å²) in [6, 6.07) is 7.61. The van der Waals surface area contributed by atoms with Gasteiger partial charge in [0.05, 0.1) is 21.8 Å². The molecule has 26 heavy (non-hydrogen) atoms. The molecule has 1 heterocycles. The first kappa shape index (κ1) is 19.3. The standard InChI is InChI=1S/C17H19N3O5S/c1-11(12(2)26(3,23)24)25-20-14-6-7-15(16(21)9-14)19-17(22)13-5-4-8-18-10-13/h4-10,20-21H,1-3H3,(H,19,22)/b12-11-. The Balaban J connectivity index is 2.07. The number of hydrogen-bond acceptors (Lipinski definition) is 7. The fourth-order valence-corrected chi connectivity index (χ4v) is 2.42. The number of aromatic nitrogens is 1. The summed E-state index contributed by atoms with van der Waals surface area (Å²) in [6.07, 6.45) is 4.05. The zero-order valence-corrected chi connectivity index (χ0v) is 15.3. The monoisotopic (exact) mass is 377 g/mol. The van der Waals surface area contributed by atoms with Crippen LogP contribution in [0.15, 0.2) is 53.4 Å². The number of nitrogens with zero attached hydrogens (tertiary/aromatic N) is 1. The molecule has 0 fully saturated rings. The van der Waals surface area contributed by atoms with Gasteiger partial charge in [-0.25, -0.2) is 13.9 Å². The van der Waals surface area contributed by atoms with Crippen molar-refractivity contribution < 1.29 is 23.2 Å². The van der Waals surface area contributed by atoms with Crippen LogP contribution < -0.4 is 10.8 Å². The molecule has 0 aliphatic rings. The average molecular weight is 377 g/mol. The molecule has 8 nitrogen and oxygen atoms in total. The molecule has 1 aromatic heterocycles. The van der Waals surface area contributed by atoms with E-state index in [0.29, 0.717) is 11.3 Å². The Kier molecular flexibility index (Phi) is 5.83. The van der Waals surface area contributed by atoms with E-state index >= 15 is 0 Å². The number of rotatable bonds is 6. The first-order chi connectivity index (χ1) is 12.2. The number of anilines is 2. The number of carbonyl (C=O) groups excluding carboxylic acids is 1. The van der Waals surface area contributed by atoms with Crippen molar-refractivity contribution in [3.63, 3.8) is 0 Å². The summed E-state index contributed by atoms with van der Waals surface area (Å²) in [5.41, 5.74) is 3.49. The lowest BCUT2D eigenvalue weighted by atomic mass is 10.2. The number of allylic oxidation sites excluding steroid dienone is 2. The van der Waals surface area contributed by atoms with Crippen molar-refractivity contribution in [2.75, 3.05) is 17.1 Å². The van der Waals surface area contributed by atoms with Gasteiger partial charge in [-0.3, -0.25) is 9.78 Å². The highest BCUT2D eigenvalue weighted by Crippen LogP contribution is 2.27. The Morgan fingerprint density at radius 3 is 2.54 bits per heavy atom. The maximum Gasteiger partial charge on any atom is 0.257 e. The average Bonchev–Trinajstić information content (AvgIpc) is 2.61. The lowest BCUT2D eigenvalue weighted by molar-refractivity contribution is 0.102. The molecule has 0 saturated heterocycles. The summed E-state index contributed by atoms with van der Waals surface area (Å²) < 4.78 is 22.9. The molecule has 3 N–H and O–H groups in total. The summed E-state index contributed by atoms with van der Waals surface area (Å²) in [6.45, 7) is 2.94. The van der Waals surface area contributed by atoms with Crippen LogP contribution in [-0.2, 0) is 14.7 Å². The van der Waals surface area contributed by atoms with E-state index in [0.717, 1.165) is 6.26 Å². The third-order valence-corrected chi connectivity index (χ3v) is 4.94. The number of amides is 1.